The van der Waals surface area contributed by atoms with Crippen molar-refractivity contribution < 1.29 is 0 Å². The molecular weight excluding hydrogens is 496 g/mol. The summed E-state index contributed by atoms with van der Waals surface area (Å²) in [6, 6.07) is 26.3. The zero-order chi connectivity index (χ0) is 22.6. The number of halogens is 1. The van der Waals surface area contributed by atoms with Crippen LogP contribution in [0.2, 0.25) is 0 Å². The molecule has 0 aliphatic carbocycles. The lowest BCUT2D eigenvalue weighted by atomic mass is 10.2. The van der Waals surface area contributed by atoms with Gasteiger partial charge >= 0.3 is 0 Å². The minimum absolute atomic E-state index is 0.478. The maximum atomic E-state index is 5.59. The fraction of sp³-hybridized carbons (Fsp3) is 0.160. The highest BCUT2D eigenvalue weighted by Crippen LogP contribution is 2.27. The van der Waals surface area contributed by atoms with Crippen molar-refractivity contribution >= 4 is 67.3 Å². The van der Waals surface area contributed by atoms with Gasteiger partial charge in [-0.15, -0.1) is 0 Å². The van der Waals surface area contributed by atoms with Crippen molar-refractivity contribution in [1.29, 1.82) is 0 Å². The maximum absolute atomic E-state index is 5.59. The molecule has 0 atom stereocenters. The number of aromatic nitrogens is 2. The number of fused-ring (bicyclic) bond motifs is 1. The molecule has 0 unspecified atom stereocenters. The first-order valence-corrected chi connectivity index (χ1v) is 12.0. The molecule has 3 aromatic carbocycles. The van der Waals surface area contributed by atoms with Gasteiger partial charge in [0.05, 0.1) is 11.0 Å². The Balaban J connectivity index is 1.37. The molecule has 0 saturated carbocycles. The largest absolute Gasteiger partial charge is 0.368 e. The summed E-state index contributed by atoms with van der Waals surface area (Å²) < 4.78 is 1.02. The fourth-order valence-corrected chi connectivity index (χ4v) is 4.39. The van der Waals surface area contributed by atoms with Crippen molar-refractivity contribution in [2.45, 2.75) is 0 Å². The van der Waals surface area contributed by atoms with E-state index in [9.17, 15) is 0 Å². The number of anilines is 4. The number of nitrogens with one attached hydrogen (secondary N) is 2. The van der Waals surface area contributed by atoms with Crippen molar-refractivity contribution in [2.24, 2.45) is 0 Å². The third kappa shape index (κ3) is 5.07. The van der Waals surface area contributed by atoms with Gasteiger partial charge in [-0.1, -0.05) is 46.3 Å². The molecule has 0 amide bonds. The van der Waals surface area contributed by atoms with Gasteiger partial charge in [-0.05, 0) is 60.7 Å². The number of piperazine rings is 1. The molecule has 8 heteroatoms. The second kappa shape index (κ2) is 9.72. The van der Waals surface area contributed by atoms with Crippen LogP contribution in [0.4, 0.5) is 23.0 Å². The van der Waals surface area contributed by atoms with Crippen LogP contribution in [-0.4, -0.2) is 41.3 Å². The molecule has 1 aliphatic heterocycles. The Morgan fingerprint density at radius 1 is 0.727 bits per heavy atom. The van der Waals surface area contributed by atoms with Gasteiger partial charge in [0.1, 0.15) is 0 Å². The monoisotopic (exact) mass is 518 g/mol. The van der Waals surface area contributed by atoms with Crippen molar-refractivity contribution in [1.82, 2.24) is 9.97 Å². The Labute approximate surface area is 206 Å². The van der Waals surface area contributed by atoms with Crippen LogP contribution in [0.1, 0.15) is 0 Å². The smallest absolute Gasteiger partial charge is 0.176 e. The van der Waals surface area contributed by atoms with Gasteiger partial charge in [0.2, 0.25) is 0 Å². The summed E-state index contributed by atoms with van der Waals surface area (Å²) in [7, 11) is 0. The standard InChI is InChI=1S/C25H23BrN6S/c26-18-10-12-19(13-11-18)27-25(33)30-23-24(29-22-9-5-4-8-21(22)28-23)32-16-14-31(15-17-32)20-6-2-1-3-7-20/h1-13H,14-17H2,(H2,27,28,30,33). The summed E-state index contributed by atoms with van der Waals surface area (Å²) >= 11 is 9.05. The Morgan fingerprint density at radius 2 is 1.33 bits per heavy atom. The molecule has 2 heterocycles. The van der Waals surface area contributed by atoms with Crippen molar-refractivity contribution in [2.75, 3.05) is 46.6 Å². The normalized spacial score (nSPS) is 13.7. The van der Waals surface area contributed by atoms with E-state index in [4.69, 9.17) is 22.2 Å². The van der Waals surface area contributed by atoms with Crippen molar-refractivity contribution in [3.05, 3.63) is 83.3 Å². The van der Waals surface area contributed by atoms with Crippen molar-refractivity contribution in [3.8, 4) is 0 Å². The van der Waals surface area contributed by atoms with E-state index in [2.05, 4.69) is 60.6 Å². The van der Waals surface area contributed by atoms with E-state index in [0.29, 0.717) is 10.9 Å². The molecule has 1 fully saturated rings. The van der Waals surface area contributed by atoms with Crippen LogP contribution < -0.4 is 20.4 Å². The van der Waals surface area contributed by atoms with Gasteiger partial charge in [-0.3, -0.25) is 0 Å². The summed E-state index contributed by atoms with van der Waals surface area (Å²) in [5.41, 5.74) is 3.86. The molecule has 1 saturated heterocycles. The van der Waals surface area contributed by atoms with Crippen LogP contribution >= 0.6 is 28.1 Å². The Bertz CT molecular complexity index is 1260. The topological polar surface area (TPSA) is 56.3 Å². The summed E-state index contributed by atoms with van der Waals surface area (Å²) in [6.45, 7) is 3.53. The quantitative estimate of drug-likeness (QED) is 0.344. The lowest BCUT2D eigenvalue weighted by Crippen LogP contribution is -2.47. The first kappa shape index (κ1) is 21.6. The highest BCUT2D eigenvalue weighted by Gasteiger charge is 2.22. The number of rotatable bonds is 4. The van der Waals surface area contributed by atoms with Crippen LogP contribution in [0.25, 0.3) is 11.0 Å². The maximum Gasteiger partial charge on any atom is 0.176 e. The minimum atomic E-state index is 0.478. The van der Waals surface area contributed by atoms with Crippen LogP contribution in [0.3, 0.4) is 0 Å². The van der Waals surface area contributed by atoms with Crippen LogP contribution in [0.5, 0.6) is 0 Å². The van der Waals surface area contributed by atoms with Gasteiger partial charge in [-0.2, -0.15) is 0 Å². The summed E-state index contributed by atoms with van der Waals surface area (Å²) in [5, 5.41) is 6.99. The van der Waals surface area contributed by atoms with Gasteiger partial charge in [0, 0.05) is 42.0 Å². The van der Waals surface area contributed by atoms with E-state index in [1.807, 2.05) is 54.6 Å². The molecule has 0 spiro atoms. The number of thiocarbonyl (C=S) groups is 1. The Kier molecular flexibility index (Phi) is 6.37. The molecular formula is C25H23BrN6S. The van der Waals surface area contributed by atoms with Crippen LogP contribution in [0.15, 0.2) is 83.3 Å². The summed E-state index contributed by atoms with van der Waals surface area (Å²) in [5.74, 6) is 1.48. The predicted octanol–water partition coefficient (Wildman–Crippen LogP) is 5.53. The molecule has 1 aromatic heterocycles. The van der Waals surface area contributed by atoms with Crippen LogP contribution in [0, 0.1) is 0 Å². The second-order valence-corrected chi connectivity index (χ2v) is 9.10. The molecule has 4 aromatic rings. The lowest BCUT2D eigenvalue weighted by Gasteiger charge is -2.37. The first-order valence-electron chi connectivity index (χ1n) is 10.8. The lowest BCUT2D eigenvalue weighted by molar-refractivity contribution is 0.648. The molecule has 1 aliphatic rings. The van der Waals surface area contributed by atoms with E-state index in [-0.39, 0.29) is 0 Å². The van der Waals surface area contributed by atoms with Gasteiger partial charge in [0.25, 0.3) is 0 Å². The SMILES string of the molecule is S=C(Nc1ccc(Br)cc1)Nc1nc2ccccc2nc1N1CCN(c2ccccc2)CC1. The predicted molar refractivity (Wildman–Crippen MR) is 144 cm³/mol. The number of para-hydroxylation sites is 3. The third-order valence-electron chi connectivity index (χ3n) is 5.59. The highest BCUT2D eigenvalue weighted by molar-refractivity contribution is 9.10. The fourth-order valence-electron chi connectivity index (χ4n) is 3.91. The first-order chi connectivity index (χ1) is 16.2. The molecule has 2 N–H and O–H groups in total. The van der Waals surface area contributed by atoms with E-state index in [1.165, 1.54) is 5.69 Å². The van der Waals surface area contributed by atoms with Gasteiger partial charge in [0.15, 0.2) is 16.7 Å². The molecule has 166 valence electrons. The molecule has 0 bridgehead atoms. The van der Waals surface area contributed by atoms with Gasteiger partial charge in [-0.25, -0.2) is 9.97 Å². The molecule has 0 radical (unpaired) electrons. The second-order valence-electron chi connectivity index (χ2n) is 7.78. The van der Waals surface area contributed by atoms with E-state index in [1.54, 1.807) is 0 Å². The third-order valence-corrected chi connectivity index (χ3v) is 6.32. The highest BCUT2D eigenvalue weighted by atomic mass is 79.9. The molecule has 33 heavy (non-hydrogen) atoms. The van der Waals surface area contributed by atoms with E-state index in [0.717, 1.165) is 53.2 Å². The number of nitrogens with zero attached hydrogens (tertiary/aromatic N) is 4. The van der Waals surface area contributed by atoms with E-state index >= 15 is 0 Å². The average Bonchev–Trinajstić information content (AvgIpc) is 2.86. The minimum Gasteiger partial charge on any atom is -0.368 e. The zero-order valence-corrected chi connectivity index (χ0v) is 20.3. The van der Waals surface area contributed by atoms with Gasteiger partial charge < -0.3 is 20.4 Å². The van der Waals surface area contributed by atoms with Crippen molar-refractivity contribution in [3.63, 3.8) is 0 Å². The Hall–Kier alpha value is -3.23. The summed E-state index contributed by atoms with van der Waals surface area (Å²) in [4.78, 5) is 14.5. The number of benzene rings is 3. The zero-order valence-electron chi connectivity index (χ0n) is 17.9. The van der Waals surface area contributed by atoms with E-state index < -0.39 is 0 Å². The molecule has 6 nitrogen and oxygen atoms in total. The molecule has 5 rings (SSSR count). The number of hydrogen-bond donors (Lipinski definition) is 2. The number of hydrogen-bond acceptors (Lipinski definition) is 5. The van der Waals surface area contributed by atoms with Crippen LogP contribution in [-0.2, 0) is 0 Å². The average molecular weight is 519 g/mol. The Morgan fingerprint density at radius 3 is 2.03 bits per heavy atom. The summed E-state index contributed by atoms with van der Waals surface area (Å²) in [6.07, 6.45) is 0.